The van der Waals surface area contributed by atoms with Crippen LogP contribution in [0.25, 0.3) is 0 Å². The monoisotopic (exact) mass is 247 g/mol. The lowest BCUT2D eigenvalue weighted by Crippen LogP contribution is -2.47. The van der Waals surface area contributed by atoms with Gasteiger partial charge in [0.25, 0.3) is 0 Å². The zero-order valence-corrected chi connectivity index (χ0v) is 11.8. The van der Waals surface area contributed by atoms with Crippen LogP contribution >= 0.6 is 0 Å². The third kappa shape index (κ3) is 3.33. The fourth-order valence-corrected chi connectivity index (χ4v) is 2.88. The van der Waals surface area contributed by atoms with Crippen LogP contribution in [0.15, 0.2) is 24.3 Å². The van der Waals surface area contributed by atoms with Gasteiger partial charge in [0.2, 0.25) is 0 Å². The Kier molecular flexibility index (Phi) is 4.08. The molecule has 1 atom stereocenters. The molecule has 1 heterocycles. The average Bonchev–Trinajstić information content (AvgIpc) is 2.28. The van der Waals surface area contributed by atoms with Gasteiger partial charge in [-0.25, -0.2) is 0 Å². The van der Waals surface area contributed by atoms with E-state index in [1.807, 2.05) is 0 Å². The second-order valence-electron chi connectivity index (χ2n) is 6.14. The number of aliphatic hydroxyl groups is 1. The van der Waals surface area contributed by atoms with E-state index in [9.17, 15) is 5.11 Å². The zero-order valence-electron chi connectivity index (χ0n) is 11.8. The zero-order chi connectivity index (χ0) is 13.2. The number of piperidine rings is 1. The van der Waals surface area contributed by atoms with E-state index in [4.69, 9.17) is 0 Å². The van der Waals surface area contributed by atoms with Crippen molar-refractivity contribution >= 4 is 0 Å². The molecule has 0 aromatic heterocycles. The topological polar surface area (TPSA) is 23.5 Å². The van der Waals surface area contributed by atoms with Crippen molar-refractivity contribution in [2.24, 2.45) is 0 Å². The molecule has 1 fully saturated rings. The van der Waals surface area contributed by atoms with E-state index in [0.717, 1.165) is 32.4 Å². The normalized spacial score (nSPS) is 25.6. The molecule has 18 heavy (non-hydrogen) atoms. The smallest absolute Gasteiger partial charge is 0.0814 e. The van der Waals surface area contributed by atoms with Crippen molar-refractivity contribution in [2.45, 2.75) is 44.6 Å². The maximum absolute atomic E-state index is 10.6. The SMILES string of the molecule is CC(C)c1ccc(CC2(O)CCCN(C)C2)cc1. The average molecular weight is 247 g/mol. The van der Waals surface area contributed by atoms with Crippen molar-refractivity contribution in [1.82, 2.24) is 4.90 Å². The number of β-amino-alcohol motifs (C(OH)–C–C–N with tert-alkyl or cyclic N) is 1. The predicted molar refractivity (Wildman–Crippen MR) is 75.9 cm³/mol. The van der Waals surface area contributed by atoms with Crippen molar-refractivity contribution in [3.63, 3.8) is 0 Å². The molecule has 0 radical (unpaired) electrons. The van der Waals surface area contributed by atoms with E-state index < -0.39 is 5.60 Å². The molecular weight excluding hydrogens is 222 g/mol. The van der Waals surface area contributed by atoms with Crippen molar-refractivity contribution in [3.8, 4) is 0 Å². The molecule has 0 aliphatic carbocycles. The van der Waals surface area contributed by atoms with Gasteiger partial charge in [-0.2, -0.15) is 0 Å². The molecule has 1 aromatic carbocycles. The fourth-order valence-electron chi connectivity index (χ4n) is 2.88. The van der Waals surface area contributed by atoms with E-state index in [1.54, 1.807) is 0 Å². The van der Waals surface area contributed by atoms with E-state index >= 15 is 0 Å². The first-order chi connectivity index (χ1) is 8.48. The Labute approximate surface area is 111 Å². The van der Waals surface area contributed by atoms with Crippen LogP contribution in [0.5, 0.6) is 0 Å². The lowest BCUT2D eigenvalue weighted by molar-refractivity contribution is -0.0223. The van der Waals surface area contributed by atoms with Crippen molar-refractivity contribution in [2.75, 3.05) is 20.1 Å². The highest BCUT2D eigenvalue weighted by atomic mass is 16.3. The molecule has 2 nitrogen and oxygen atoms in total. The minimum atomic E-state index is -0.535. The molecular formula is C16H25NO. The minimum absolute atomic E-state index is 0.535. The quantitative estimate of drug-likeness (QED) is 0.888. The minimum Gasteiger partial charge on any atom is -0.388 e. The number of hydrogen-bond acceptors (Lipinski definition) is 2. The summed E-state index contributed by atoms with van der Waals surface area (Å²) in [5, 5.41) is 10.6. The molecule has 2 heteroatoms. The first-order valence-corrected chi connectivity index (χ1v) is 6.98. The van der Waals surface area contributed by atoms with Gasteiger partial charge in [0.15, 0.2) is 0 Å². The second kappa shape index (κ2) is 5.41. The Hall–Kier alpha value is -0.860. The third-order valence-corrected chi connectivity index (χ3v) is 3.93. The Bertz CT molecular complexity index is 385. The van der Waals surface area contributed by atoms with Crippen LogP contribution in [0.3, 0.4) is 0 Å². The molecule has 0 amide bonds. The van der Waals surface area contributed by atoms with Crippen molar-refractivity contribution < 1.29 is 5.11 Å². The van der Waals surface area contributed by atoms with Gasteiger partial charge < -0.3 is 10.0 Å². The summed E-state index contributed by atoms with van der Waals surface area (Å²) < 4.78 is 0. The number of rotatable bonds is 3. The molecule has 1 aliphatic heterocycles. The molecule has 2 rings (SSSR count). The summed E-state index contributed by atoms with van der Waals surface area (Å²) in [7, 11) is 2.09. The molecule has 0 spiro atoms. The third-order valence-electron chi connectivity index (χ3n) is 3.93. The summed E-state index contributed by atoms with van der Waals surface area (Å²) >= 11 is 0. The van der Waals surface area contributed by atoms with Gasteiger partial charge in [0.05, 0.1) is 5.60 Å². The van der Waals surface area contributed by atoms with E-state index in [1.165, 1.54) is 11.1 Å². The Morgan fingerprint density at radius 3 is 2.50 bits per heavy atom. The summed E-state index contributed by atoms with van der Waals surface area (Å²) in [5.41, 5.74) is 2.08. The van der Waals surface area contributed by atoms with Gasteiger partial charge in [0, 0.05) is 13.0 Å². The molecule has 0 bridgehead atoms. The maximum Gasteiger partial charge on any atom is 0.0814 e. The largest absolute Gasteiger partial charge is 0.388 e. The van der Waals surface area contributed by atoms with Crippen LogP contribution in [0, 0.1) is 0 Å². The van der Waals surface area contributed by atoms with Gasteiger partial charge in [-0.15, -0.1) is 0 Å². The van der Waals surface area contributed by atoms with Crippen LogP contribution < -0.4 is 0 Å². The lowest BCUT2D eigenvalue weighted by atomic mass is 9.86. The van der Waals surface area contributed by atoms with Crippen LogP contribution in [0.2, 0.25) is 0 Å². The first kappa shape index (κ1) is 13.6. The van der Waals surface area contributed by atoms with Crippen LogP contribution in [-0.4, -0.2) is 35.7 Å². The number of likely N-dealkylation sites (N-methyl/N-ethyl adjacent to an activating group) is 1. The summed E-state index contributed by atoms with van der Waals surface area (Å²) in [6, 6.07) is 8.72. The number of benzene rings is 1. The summed E-state index contributed by atoms with van der Waals surface area (Å²) in [4.78, 5) is 2.23. The molecule has 100 valence electrons. The van der Waals surface area contributed by atoms with Crippen molar-refractivity contribution in [1.29, 1.82) is 0 Å². The van der Waals surface area contributed by atoms with Gasteiger partial charge in [-0.05, 0) is 43.5 Å². The highest BCUT2D eigenvalue weighted by molar-refractivity contribution is 5.26. The van der Waals surface area contributed by atoms with E-state index in [-0.39, 0.29) is 0 Å². The Morgan fingerprint density at radius 2 is 1.94 bits per heavy atom. The maximum atomic E-state index is 10.6. The Balaban J connectivity index is 2.04. The summed E-state index contributed by atoms with van der Waals surface area (Å²) in [5.74, 6) is 0.572. The Morgan fingerprint density at radius 1 is 1.28 bits per heavy atom. The van der Waals surface area contributed by atoms with E-state index in [0.29, 0.717) is 5.92 Å². The second-order valence-corrected chi connectivity index (χ2v) is 6.14. The number of nitrogens with zero attached hydrogens (tertiary/aromatic N) is 1. The molecule has 0 saturated carbocycles. The molecule has 1 aromatic rings. The molecule has 1 saturated heterocycles. The molecule has 1 unspecified atom stereocenters. The van der Waals surface area contributed by atoms with E-state index in [2.05, 4.69) is 50.1 Å². The van der Waals surface area contributed by atoms with Crippen LogP contribution in [0.4, 0.5) is 0 Å². The summed E-state index contributed by atoms with van der Waals surface area (Å²) in [6.45, 7) is 6.31. The molecule has 1 N–H and O–H groups in total. The predicted octanol–water partition coefficient (Wildman–Crippen LogP) is 2.81. The number of likely N-dealkylation sites (tertiary alicyclic amines) is 1. The van der Waals surface area contributed by atoms with Gasteiger partial charge in [-0.1, -0.05) is 38.1 Å². The van der Waals surface area contributed by atoms with Gasteiger partial charge in [-0.3, -0.25) is 0 Å². The highest BCUT2D eigenvalue weighted by Gasteiger charge is 2.31. The first-order valence-electron chi connectivity index (χ1n) is 6.98. The number of hydrogen-bond donors (Lipinski definition) is 1. The molecule has 1 aliphatic rings. The van der Waals surface area contributed by atoms with Gasteiger partial charge in [0.1, 0.15) is 0 Å². The van der Waals surface area contributed by atoms with Gasteiger partial charge >= 0.3 is 0 Å². The van der Waals surface area contributed by atoms with Crippen LogP contribution in [-0.2, 0) is 6.42 Å². The lowest BCUT2D eigenvalue weighted by Gasteiger charge is -2.37. The van der Waals surface area contributed by atoms with Crippen molar-refractivity contribution in [3.05, 3.63) is 35.4 Å². The fraction of sp³-hybridized carbons (Fsp3) is 0.625. The highest BCUT2D eigenvalue weighted by Crippen LogP contribution is 2.25. The van der Waals surface area contributed by atoms with Crippen LogP contribution in [0.1, 0.15) is 43.7 Å². The standard InChI is InChI=1S/C16H25NO/c1-13(2)15-7-5-14(6-8-15)11-16(18)9-4-10-17(3)12-16/h5-8,13,18H,4,9-12H2,1-3H3. The summed E-state index contributed by atoms with van der Waals surface area (Å²) in [6.07, 6.45) is 2.79.